The Morgan fingerprint density at radius 1 is 1.19 bits per heavy atom. The maximum atomic E-state index is 5.86. The molecule has 31 heavy (non-hydrogen) atoms. The van der Waals surface area contributed by atoms with Crippen LogP contribution in [-0.4, -0.2) is 56.7 Å². The van der Waals surface area contributed by atoms with Crippen LogP contribution in [0, 0.1) is 13.8 Å². The van der Waals surface area contributed by atoms with E-state index in [1.807, 2.05) is 4.52 Å². The quantitative estimate of drug-likeness (QED) is 0.513. The number of likely N-dealkylation sites (N-methyl/N-ethyl adjacent to an activating group) is 1. The number of rotatable bonds is 7. The van der Waals surface area contributed by atoms with Crippen molar-refractivity contribution in [3.63, 3.8) is 0 Å². The van der Waals surface area contributed by atoms with Gasteiger partial charge in [0.2, 0.25) is 5.69 Å². The first-order valence-electron chi connectivity index (χ1n) is 11.1. The Morgan fingerprint density at radius 2 is 2.00 bits per heavy atom. The third-order valence-electron chi connectivity index (χ3n) is 6.62. The fourth-order valence-corrected chi connectivity index (χ4v) is 5.17. The van der Waals surface area contributed by atoms with Gasteiger partial charge >= 0.3 is 0 Å². The van der Waals surface area contributed by atoms with E-state index in [9.17, 15) is 0 Å². The Labute approximate surface area is 184 Å². The van der Waals surface area contributed by atoms with Crippen LogP contribution in [-0.2, 0) is 4.74 Å². The van der Waals surface area contributed by atoms with Crippen LogP contribution >= 0.6 is 0 Å². The number of methoxy groups -OCH3 is 2. The predicted molar refractivity (Wildman–Crippen MR) is 125 cm³/mol. The van der Waals surface area contributed by atoms with E-state index in [4.69, 9.17) is 19.3 Å². The van der Waals surface area contributed by atoms with E-state index in [0.29, 0.717) is 11.9 Å². The third-order valence-corrected chi connectivity index (χ3v) is 6.62. The van der Waals surface area contributed by atoms with Crippen LogP contribution < -0.4 is 14.0 Å². The molecule has 6 heteroatoms. The topological polar surface area (TPSA) is 45.0 Å². The number of aryl methyl sites for hydroxylation is 2. The van der Waals surface area contributed by atoms with E-state index < -0.39 is 0 Å². The van der Waals surface area contributed by atoms with Crippen LogP contribution in [0.15, 0.2) is 30.3 Å². The molecule has 3 heterocycles. The van der Waals surface area contributed by atoms with Crippen LogP contribution in [0.1, 0.15) is 30.9 Å². The second-order valence-corrected chi connectivity index (χ2v) is 8.73. The summed E-state index contributed by atoms with van der Waals surface area (Å²) in [7, 11) is 5.74. The fraction of sp³-hybridized carbons (Fsp3) is 0.480. The zero-order valence-electron chi connectivity index (χ0n) is 19.6. The number of aromatic nitrogens is 2. The monoisotopic (exact) mass is 424 g/mol. The van der Waals surface area contributed by atoms with Gasteiger partial charge in [0.25, 0.3) is 5.88 Å². The number of hydrogen-bond acceptors (Lipinski definition) is 4. The first-order valence-corrected chi connectivity index (χ1v) is 11.1. The van der Waals surface area contributed by atoms with Crippen molar-refractivity contribution < 1.29 is 14.2 Å². The maximum absolute atomic E-state index is 5.86. The SMILES string of the molecule is CCC[N+](C)(c1c(OC)nn2c(-c3c(C)cc(C)cc3OC)cccc12)C1CCOC1. The van der Waals surface area contributed by atoms with Gasteiger partial charge in [-0.25, -0.2) is 4.52 Å². The highest BCUT2D eigenvalue weighted by Crippen LogP contribution is 2.43. The van der Waals surface area contributed by atoms with Crippen LogP contribution in [0.25, 0.3) is 16.8 Å². The molecule has 1 saturated heterocycles. The molecule has 0 aliphatic carbocycles. The van der Waals surface area contributed by atoms with Gasteiger partial charge in [-0.3, -0.25) is 4.48 Å². The molecule has 0 spiro atoms. The Balaban J connectivity index is 1.99. The average molecular weight is 425 g/mol. The third kappa shape index (κ3) is 3.58. The van der Waals surface area contributed by atoms with Crippen molar-refractivity contribution in [1.82, 2.24) is 14.1 Å². The van der Waals surface area contributed by atoms with Gasteiger partial charge in [0, 0.05) is 12.0 Å². The summed E-state index contributed by atoms with van der Waals surface area (Å²) in [6.07, 6.45) is 2.11. The molecule has 2 aromatic heterocycles. The van der Waals surface area contributed by atoms with Gasteiger partial charge in [-0.1, -0.05) is 19.1 Å². The predicted octanol–water partition coefficient (Wildman–Crippen LogP) is 4.77. The summed E-state index contributed by atoms with van der Waals surface area (Å²) in [4.78, 5) is 0. The number of hydrogen-bond donors (Lipinski definition) is 0. The van der Waals surface area contributed by atoms with Crippen LogP contribution in [0.2, 0.25) is 0 Å². The summed E-state index contributed by atoms with van der Waals surface area (Å²) in [6.45, 7) is 9.03. The van der Waals surface area contributed by atoms with Gasteiger partial charge in [0.1, 0.15) is 17.3 Å². The highest BCUT2D eigenvalue weighted by Gasteiger charge is 2.42. The van der Waals surface area contributed by atoms with E-state index in [0.717, 1.165) is 70.9 Å². The van der Waals surface area contributed by atoms with Gasteiger partial charge in [-0.15, -0.1) is 5.10 Å². The number of quaternary nitrogens is 1. The molecule has 0 N–H and O–H groups in total. The van der Waals surface area contributed by atoms with Crippen molar-refractivity contribution in [3.8, 4) is 22.9 Å². The number of ether oxygens (including phenoxy) is 3. The average Bonchev–Trinajstić information content (AvgIpc) is 3.41. The summed E-state index contributed by atoms with van der Waals surface area (Å²) in [5.74, 6) is 1.54. The molecule has 3 aromatic rings. The minimum atomic E-state index is 0.390. The number of pyridine rings is 1. The van der Waals surface area contributed by atoms with E-state index in [-0.39, 0.29) is 0 Å². The van der Waals surface area contributed by atoms with Gasteiger partial charge in [-0.05, 0) is 49.6 Å². The molecule has 1 aliphatic rings. The van der Waals surface area contributed by atoms with Crippen LogP contribution in [0.3, 0.4) is 0 Å². The van der Waals surface area contributed by atoms with Crippen LogP contribution in [0.5, 0.6) is 11.6 Å². The number of nitrogens with zero attached hydrogens (tertiary/aromatic N) is 3. The molecule has 1 aromatic carbocycles. The van der Waals surface area contributed by atoms with Crippen LogP contribution in [0.4, 0.5) is 5.69 Å². The number of benzene rings is 1. The minimum Gasteiger partial charge on any atom is -0.496 e. The molecular formula is C25H34N3O3+. The maximum Gasteiger partial charge on any atom is 0.296 e. The molecule has 2 atom stereocenters. The minimum absolute atomic E-state index is 0.390. The van der Waals surface area contributed by atoms with E-state index in [2.05, 4.69) is 58.2 Å². The first-order chi connectivity index (χ1) is 14.9. The lowest BCUT2D eigenvalue weighted by Gasteiger charge is -2.38. The number of fused-ring (bicyclic) bond motifs is 1. The summed E-state index contributed by atoms with van der Waals surface area (Å²) in [5, 5.41) is 4.95. The molecule has 0 saturated carbocycles. The van der Waals surface area contributed by atoms with Crippen molar-refractivity contribution in [2.24, 2.45) is 0 Å². The second kappa shape index (κ2) is 8.52. The zero-order chi connectivity index (χ0) is 22.2. The summed E-state index contributed by atoms with van der Waals surface area (Å²) >= 11 is 0. The molecular weight excluding hydrogens is 390 g/mol. The Hall–Kier alpha value is -2.57. The normalized spacial score (nSPS) is 18.3. The Morgan fingerprint density at radius 3 is 2.65 bits per heavy atom. The lowest BCUT2D eigenvalue weighted by molar-refractivity contribution is 0.159. The summed E-state index contributed by atoms with van der Waals surface area (Å²) in [5.41, 5.74) is 6.60. The first kappa shape index (κ1) is 21.7. The standard InChI is InChI=1S/C25H34N3O3/c1-7-12-28(4,19-11-13-31-16-19)24-21-10-8-9-20(27(21)26-25(24)30-6)23-18(3)14-17(2)15-22(23)29-5/h8-10,14-15,19H,7,11-13,16H2,1-6H3/q+1. The van der Waals surface area contributed by atoms with Crippen molar-refractivity contribution in [1.29, 1.82) is 0 Å². The lowest BCUT2D eigenvalue weighted by Crippen LogP contribution is -2.54. The van der Waals surface area contributed by atoms with Crippen molar-refractivity contribution >= 4 is 11.2 Å². The Kier molecular flexibility index (Phi) is 5.95. The molecule has 0 amide bonds. The molecule has 1 fully saturated rings. The van der Waals surface area contributed by atoms with Gasteiger partial charge in [-0.2, -0.15) is 0 Å². The lowest BCUT2D eigenvalue weighted by atomic mass is 10.0. The van der Waals surface area contributed by atoms with Crippen molar-refractivity contribution in [3.05, 3.63) is 41.5 Å². The van der Waals surface area contributed by atoms with E-state index in [1.54, 1.807) is 14.2 Å². The molecule has 4 rings (SSSR count). The highest BCUT2D eigenvalue weighted by atomic mass is 16.5. The molecule has 0 radical (unpaired) electrons. The smallest absolute Gasteiger partial charge is 0.296 e. The largest absolute Gasteiger partial charge is 0.496 e. The van der Waals surface area contributed by atoms with Crippen molar-refractivity contribution in [2.75, 3.05) is 41.0 Å². The highest BCUT2D eigenvalue weighted by molar-refractivity contribution is 5.82. The van der Waals surface area contributed by atoms with Gasteiger partial charge in [0.05, 0.1) is 46.7 Å². The van der Waals surface area contributed by atoms with Gasteiger partial charge < -0.3 is 14.2 Å². The van der Waals surface area contributed by atoms with Crippen molar-refractivity contribution in [2.45, 2.75) is 39.7 Å². The summed E-state index contributed by atoms with van der Waals surface area (Å²) < 4.78 is 20.2. The molecule has 166 valence electrons. The summed E-state index contributed by atoms with van der Waals surface area (Å²) in [6, 6.07) is 11.0. The second-order valence-electron chi connectivity index (χ2n) is 8.73. The molecule has 1 aliphatic heterocycles. The fourth-order valence-electron chi connectivity index (χ4n) is 5.17. The van der Waals surface area contributed by atoms with E-state index >= 15 is 0 Å². The molecule has 6 nitrogen and oxygen atoms in total. The van der Waals surface area contributed by atoms with E-state index in [1.165, 1.54) is 5.56 Å². The van der Waals surface area contributed by atoms with Gasteiger partial charge in [0.15, 0.2) is 0 Å². The molecule has 0 bridgehead atoms. The zero-order valence-corrected chi connectivity index (χ0v) is 19.6. The molecule has 2 unspecified atom stereocenters. The Bertz CT molecular complexity index is 1090.